The fraction of sp³-hybridized carbons (Fsp3) is 0.923. The first-order valence-electron chi connectivity index (χ1n) is 6.57. The minimum Gasteiger partial charge on any atom is -0.380 e. The van der Waals surface area contributed by atoms with Gasteiger partial charge in [0.15, 0.2) is 0 Å². The molecule has 2 aliphatic rings. The average Bonchev–Trinajstić information content (AvgIpc) is 2.76. The Balaban J connectivity index is 1.85. The molecule has 0 aliphatic carbocycles. The summed E-state index contributed by atoms with van der Waals surface area (Å²) in [5.41, 5.74) is 0.398. The van der Waals surface area contributed by atoms with Crippen LogP contribution in [-0.4, -0.2) is 49.7 Å². The smallest absolute Gasteiger partial charge is 0.239 e. The molecule has 2 heterocycles. The van der Waals surface area contributed by atoms with Crippen molar-refractivity contribution in [2.75, 3.05) is 26.7 Å². The molecule has 98 valence electrons. The number of methoxy groups -OCH3 is 1. The van der Waals surface area contributed by atoms with Gasteiger partial charge in [0.1, 0.15) is 0 Å². The average molecular weight is 240 g/mol. The van der Waals surface area contributed by atoms with Crippen molar-refractivity contribution in [1.82, 2.24) is 10.2 Å². The molecule has 2 unspecified atom stereocenters. The largest absolute Gasteiger partial charge is 0.380 e. The molecule has 0 radical (unpaired) electrons. The normalized spacial score (nSPS) is 32.8. The zero-order chi connectivity index (χ0) is 12.5. The van der Waals surface area contributed by atoms with Gasteiger partial charge < -0.3 is 15.0 Å². The van der Waals surface area contributed by atoms with Gasteiger partial charge in [0.2, 0.25) is 5.91 Å². The van der Waals surface area contributed by atoms with Crippen molar-refractivity contribution >= 4 is 5.91 Å². The van der Waals surface area contributed by atoms with Crippen LogP contribution in [0.15, 0.2) is 0 Å². The standard InChI is InChI=1S/C13H24N2O2/c1-13(2)4-6-15(7-5-13)12(16)11-8-10(17-3)9-14-11/h10-11,14H,4-9H2,1-3H3. The van der Waals surface area contributed by atoms with Crippen molar-refractivity contribution in [3.63, 3.8) is 0 Å². The molecule has 4 heteroatoms. The number of nitrogens with one attached hydrogen (secondary N) is 1. The number of hydrogen-bond acceptors (Lipinski definition) is 3. The molecule has 0 aromatic rings. The summed E-state index contributed by atoms with van der Waals surface area (Å²) in [6, 6.07) is -0.0267. The number of hydrogen-bond donors (Lipinski definition) is 1. The quantitative estimate of drug-likeness (QED) is 0.783. The maximum absolute atomic E-state index is 12.3. The Hall–Kier alpha value is -0.610. The number of rotatable bonds is 2. The molecule has 2 saturated heterocycles. The lowest BCUT2D eigenvalue weighted by Gasteiger charge is -2.38. The van der Waals surface area contributed by atoms with E-state index in [2.05, 4.69) is 19.2 Å². The third-order valence-corrected chi connectivity index (χ3v) is 4.15. The highest BCUT2D eigenvalue weighted by molar-refractivity contribution is 5.82. The fourth-order valence-electron chi connectivity index (χ4n) is 2.62. The summed E-state index contributed by atoms with van der Waals surface area (Å²) in [5, 5.41) is 3.26. The van der Waals surface area contributed by atoms with Crippen molar-refractivity contribution in [2.24, 2.45) is 5.41 Å². The number of likely N-dealkylation sites (tertiary alicyclic amines) is 1. The summed E-state index contributed by atoms with van der Waals surface area (Å²) in [6.45, 7) is 7.17. The number of carbonyl (C=O) groups excluding carboxylic acids is 1. The Kier molecular flexibility index (Phi) is 3.73. The van der Waals surface area contributed by atoms with Gasteiger partial charge >= 0.3 is 0 Å². The van der Waals surface area contributed by atoms with Crippen molar-refractivity contribution in [1.29, 1.82) is 0 Å². The van der Waals surface area contributed by atoms with Crippen LogP contribution in [0.25, 0.3) is 0 Å². The second kappa shape index (κ2) is 4.94. The lowest BCUT2D eigenvalue weighted by atomic mass is 9.82. The van der Waals surface area contributed by atoms with E-state index in [1.54, 1.807) is 7.11 Å². The zero-order valence-electron chi connectivity index (χ0n) is 11.2. The van der Waals surface area contributed by atoms with Gasteiger partial charge in [0.05, 0.1) is 12.1 Å². The summed E-state index contributed by atoms with van der Waals surface area (Å²) in [7, 11) is 1.71. The van der Waals surface area contributed by atoms with E-state index >= 15 is 0 Å². The van der Waals surface area contributed by atoms with Crippen LogP contribution in [0.5, 0.6) is 0 Å². The molecule has 2 aliphatic heterocycles. The minimum absolute atomic E-state index is 0.0267. The van der Waals surface area contributed by atoms with Gasteiger partial charge in [-0.25, -0.2) is 0 Å². The minimum atomic E-state index is -0.0267. The van der Waals surface area contributed by atoms with Crippen LogP contribution < -0.4 is 5.32 Å². The molecule has 0 aromatic heterocycles. The molecule has 2 rings (SSSR count). The first-order chi connectivity index (χ1) is 8.02. The molecule has 1 amide bonds. The van der Waals surface area contributed by atoms with Gasteiger partial charge in [-0.05, 0) is 24.7 Å². The molecule has 0 bridgehead atoms. The summed E-state index contributed by atoms with van der Waals surface area (Å²) in [4.78, 5) is 14.3. The predicted molar refractivity (Wildman–Crippen MR) is 66.8 cm³/mol. The summed E-state index contributed by atoms with van der Waals surface area (Å²) >= 11 is 0. The van der Waals surface area contributed by atoms with Crippen LogP contribution in [-0.2, 0) is 9.53 Å². The van der Waals surface area contributed by atoms with Crippen LogP contribution in [0.2, 0.25) is 0 Å². The Morgan fingerprint density at radius 2 is 2.00 bits per heavy atom. The van der Waals surface area contributed by atoms with Gasteiger partial charge in [0.25, 0.3) is 0 Å². The predicted octanol–water partition coefficient (Wildman–Crippen LogP) is 1.01. The van der Waals surface area contributed by atoms with E-state index in [1.165, 1.54) is 0 Å². The van der Waals surface area contributed by atoms with Crippen LogP contribution in [0.1, 0.15) is 33.1 Å². The monoisotopic (exact) mass is 240 g/mol. The Morgan fingerprint density at radius 3 is 2.53 bits per heavy atom. The lowest BCUT2D eigenvalue weighted by Crippen LogP contribution is -2.48. The third-order valence-electron chi connectivity index (χ3n) is 4.15. The van der Waals surface area contributed by atoms with Gasteiger partial charge in [-0.3, -0.25) is 4.79 Å². The number of nitrogens with zero attached hydrogens (tertiary/aromatic N) is 1. The van der Waals surface area contributed by atoms with E-state index in [4.69, 9.17) is 4.74 Å². The molecule has 0 spiro atoms. The van der Waals surface area contributed by atoms with Gasteiger partial charge in [0, 0.05) is 26.7 Å². The summed E-state index contributed by atoms with van der Waals surface area (Å²) < 4.78 is 5.28. The molecular weight excluding hydrogens is 216 g/mol. The van der Waals surface area contributed by atoms with E-state index in [1.807, 2.05) is 4.90 Å². The molecule has 17 heavy (non-hydrogen) atoms. The molecule has 1 N–H and O–H groups in total. The highest BCUT2D eigenvalue weighted by Gasteiger charge is 2.35. The van der Waals surface area contributed by atoms with Gasteiger partial charge in [-0.15, -0.1) is 0 Å². The highest BCUT2D eigenvalue weighted by Crippen LogP contribution is 2.30. The molecule has 2 atom stereocenters. The summed E-state index contributed by atoms with van der Waals surface area (Å²) in [6.07, 6.45) is 3.23. The Labute approximate surface area is 104 Å². The van der Waals surface area contributed by atoms with Crippen molar-refractivity contribution in [3.05, 3.63) is 0 Å². The maximum Gasteiger partial charge on any atom is 0.239 e. The SMILES string of the molecule is COC1CNC(C(=O)N2CCC(C)(C)CC2)C1. The van der Waals surface area contributed by atoms with E-state index < -0.39 is 0 Å². The lowest BCUT2D eigenvalue weighted by molar-refractivity contribution is -0.135. The van der Waals surface area contributed by atoms with Crippen LogP contribution in [0.4, 0.5) is 0 Å². The Morgan fingerprint density at radius 1 is 1.35 bits per heavy atom. The third kappa shape index (κ3) is 2.99. The number of ether oxygens (including phenoxy) is 1. The Bertz CT molecular complexity index is 281. The molecular formula is C13H24N2O2. The second-order valence-corrected chi connectivity index (χ2v) is 6.04. The number of carbonyl (C=O) groups is 1. The molecule has 0 saturated carbocycles. The molecule has 2 fully saturated rings. The van der Waals surface area contributed by atoms with Crippen molar-refractivity contribution in [3.8, 4) is 0 Å². The molecule has 0 aromatic carbocycles. The first-order valence-corrected chi connectivity index (χ1v) is 6.57. The van der Waals surface area contributed by atoms with E-state index in [0.29, 0.717) is 5.41 Å². The van der Waals surface area contributed by atoms with Crippen LogP contribution in [0.3, 0.4) is 0 Å². The first kappa shape index (κ1) is 12.8. The van der Waals surface area contributed by atoms with E-state index in [-0.39, 0.29) is 18.1 Å². The van der Waals surface area contributed by atoms with E-state index in [0.717, 1.165) is 38.9 Å². The second-order valence-electron chi connectivity index (χ2n) is 6.04. The van der Waals surface area contributed by atoms with E-state index in [9.17, 15) is 4.79 Å². The van der Waals surface area contributed by atoms with Crippen LogP contribution >= 0.6 is 0 Å². The van der Waals surface area contributed by atoms with Gasteiger partial charge in [-0.1, -0.05) is 13.8 Å². The highest BCUT2D eigenvalue weighted by atomic mass is 16.5. The number of piperidine rings is 1. The topological polar surface area (TPSA) is 41.6 Å². The fourth-order valence-corrected chi connectivity index (χ4v) is 2.62. The van der Waals surface area contributed by atoms with Gasteiger partial charge in [-0.2, -0.15) is 0 Å². The zero-order valence-corrected chi connectivity index (χ0v) is 11.2. The molecule has 4 nitrogen and oxygen atoms in total. The van der Waals surface area contributed by atoms with Crippen LogP contribution in [0, 0.1) is 5.41 Å². The number of amides is 1. The van der Waals surface area contributed by atoms with Crippen molar-refractivity contribution in [2.45, 2.75) is 45.3 Å². The maximum atomic E-state index is 12.3. The van der Waals surface area contributed by atoms with Crippen molar-refractivity contribution < 1.29 is 9.53 Å². The summed E-state index contributed by atoms with van der Waals surface area (Å²) in [5.74, 6) is 0.264.